The fraction of sp³-hybridized carbons (Fsp3) is 0.0833. The van der Waals surface area contributed by atoms with Gasteiger partial charge in [0.25, 0.3) is 5.91 Å². The second-order valence-corrected chi connectivity index (χ2v) is 6.85. The smallest absolute Gasteiger partial charge is 0.266 e. The SMILES string of the molecule is Cc1ccccc1COc1ccc(/C=C(\C#N)C(=O)Nc2cccc(Cl)c2)cc1. The van der Waals surface area contributed by atoms with E-state index in [4.69, 9.17) is 16.3 Å². The van der Waals surface area contributed by atoms with Crippen molar-refractivity contribution in [2.24, 2.45) is 0 Å². The Balaban J connectivity index is 1.66. The molecule has 3 aromatic rings. The molecule has 0 bridgehead atoms. The Kier molecular flexibility index (Phi) is 6.67. The van der Waals surface area contributed by atoms with E-state index >= 15 is 0 Å². The first-order chi connectivity index (χ1) is 14.0. The lowest BCUT2D eigenvalue weighted by molar-refractivity contribution is -0.112. The molecule has 5 heteroatoms. The molecule has 0 heterocycles. The number of carbonyl (C=O) groups excluding carboxylic acids is 1. The second-order valence-electron chi connectivity index (χ2n) is 6.42. The van der Waals surface area contributed by atoms with E-state index in [1.807, 2.05) is 49.4 Å². The lowest BCUT2D eigenvalue weighted by atomic mass is 10.1. The summed E-state index contributed by atoms with van der Waals surface area (Å²) < 4.78 is 5.82. The molecule has 0 unspecified atom stereocenters. The molecular weight excluding hydrogens is 384 g/mol. The number of hydrogen-bond donors (Lipinski definition) is 1. The summed E-state index contributed by atoms with van der Waals surface area (Å²) in [4.78, 5) is 12.3. The van der Waals surface area contributed by atoms with Gasteiger partial charge in [0.15, 0.2) is 0 Å². The van der Waals surface area contributed by atoms with Crippen molar-refractivity contribution in [3.05, 3.63) is 100 Å². The molecule has 0 aliphatic carbocycles. The van der Waals surface area contributed by atoms with Crippen molar-refractivity contribution in [3.8, 4) is 11.8 Å². The highest BCUT2D eigenvalue weighted by atomic mass is 35.5. The van der Waals surface area contributed by atoms with Crippen LogP contribution in [0.1, 0.15) is 16.7 Å². The zero-order valence-corrected chi connectivity index (χ0v) is 16.6. The topological polar surface area (TPSA) is 62.1 Å². The van der Waals surface area contributed by atoms with Crippen LogP contribution in [0.2, 0.25) is 5.02 Å². The molecule has 0 saturated carbocycles. The molecule has 3 aromatic carbocycles. The fourth-order valence-corrected chi connectivity index (χ4v) is 2.86. The average Bonchev–Trinajstić information content (AvgIpc) is 2.72. The van der Waals surface area contributed by atoms with Gasteiger partial charge in [0.1, 0.15) is 24.0 Å². The third-order valence-corrected chi connectivity index (χ3v) is 4.53. The quantitative estimate of drug-likeness (QED) is 0.420. The summed E-state index contributed by atoms with van der Waals surface area (Å²) in [6.45, 7) is 2.53. The molecule has 1 N–H and O–H groups in total. The van der Waals surface area contributed by atoms with Crippen LogP contribution >= 0.6 is 11.6 Å². The normalized spacial score (nSPS) is 10.9. The van der Waals surface area contributed by atoms with Gasteiger partial charge in [-0.1, -0.05) is 54.1 Å². The van der Waals surface area contributed by atoms with Crippen LogP contribution in [-0.4, -0.2) is 5.91 Å². The molecule has 144 valence electrons. The largest absolute Gasteiger partial charge is 0.489 e. The van der Waals surface area contributed by atoms with Gasteiger partial charge in [0, 0.05) is 10.7 Å². The van der Waals surface area contributed by atoms with Gasteiger partial charge in [-0.2, -0.15) is 5.26 Å². The van der Waals surface area contributed by atoms with Crippen LogP contribution in [0, 0.1) is 18.3 Å². The standard InChI is InChI=1S/C24H19ClN2O2/c1-17-5-2-3-6-19(17)16-29-23-11-9-18(10-12-23)13-20(15-26)24(28)27-22-8-4-7-21(25)14-22/h2-14H,16H2,1H3,(H,27,28)/b20-13+. The van der Waals surface area contributed by atoms with E-state index in [1.165, 1.54) is 11.6 Å². The lowest BCUT2D eigenvalue weighted by Crippen LogP contribution is -2.13. The van der Waals surface area contributed by atoms with E-state index in [9.17, 15) is 10.1 Å². The number of halogens is 1. The first-order valence-corrected chi connectivity index (χ1v) is 9.39. The molecule has 0 aliphatic rings. The number of nitrogens with one attached hydrogen (secondary N) is 1. The van der Waals surface area contributed by atoms with Crippen LogP contribution in [0.4, 0.5) is 5.69 Å². The Morgan fingerprint density at radius 2 is 1.86 bits per heavy atom. The molecule has 3 rings (SSSR count). The Labute approximate surface area is 175 Å². The minimum absolute atomic E-state index is 0.00134. The van der Waals surface area contributed by atoms with Crippen molar-refractivity contribution < 1.29 is 9.53 Å². The minimum atomic E-state index is -0.491. The first kappa shape index (κ1) is 20.2. The van der Waals surface area contributed by atoms with E-state index in [2.05, 4.69) is 5.32 Å². The van der Waals surface area contributed by atoms with Crippen molar-refractivity contribution in [2.45, 2.75) is 13.5 Å². The van der Waals surface area contributed by atoms with Crippen LogP contribution in [0.15, 0.2) is 78.4 Å². The maximum absolute atomic E-state index is 12.3. The Bertz CT molecular complexity index is 1080. The predicted molar refractivity (Wildman–Crippen MR) is 116 cm³/mol. The molecule has 29 heavy (non-hydrogen) atoms. The van der Waals surface area contributed by atoms with Crippen molar-refractivity contribution in [2.75, 3.05) is 5.32 Å². The summed E-state index contributed by atoms with van der Waals surface area (Å²) in [5, 5.41) is 12.5. The van der Waals surface area contributed by atoms with Crippen LogP contribution in [-0.2, 0) is 11.4 Å². The van der Waals surface area contributed by atoms with Gasteiger partial charge < -0.3 is 10.1 Å². The summed E-state index contributed by atoms with van der Waals surface area (Å²) in [6.07, 6.45) is 1.53. The minimum Gasteiger partial charge on any atom is -0.489 e. The lowest BCUT2D eigenvalue weighted by Gasteiger charge is -2.09. The van der Waals surface area contributed by atoms with Crippen LogP contribution in [0.5, 0.6) is 5.75 Å². The van der Waals surface area contributed by atoms with Gasteiger partial charge in [0.05, 0.1) is 0 Å². The number of carbonyl (C=O) groups is 1. The highest BCUT2D eigenvalue weighted by Gasteiger charge is 2.10. The highest BCUT2D eigenvalue weighted by Crippen LogP contribution is 2.19. The number of rotatable bonds is 6. The van der Waals surface area contributed by atoms with Crippen molar-refractivity contribution in [3.63, 3.8) is 0 Å². The first-order valence-electron chi connectivity index (χ1n) is 9.01. The molecule has 0 radical (unpaired) electrons. The summed E-state index contributed by atoms with van der Waals surface area (Å²) >= 11 is 5.92. The molecular formula is C24H19ClN2O2. The summed E-state index contributed by atoms with van der Waals surface area (Å²) in [5.41, 5.74) is 3.56. The van der Waals surface area contributed by atoms with Crippen LogP contribution < -0.4 is 10.1 Å². The van der Waals surface area contributed by atoms with Crippen molar-refractivity contribution in [1.82, 2.24) is 0 Å². The maximum atomic E-state index is 12.3. The van der Waals surface area contributed by atoms with Crippen molar-refractivity contribution in [1.29, 1.82) is 5.26 Å². The van der Waals surface area contributed by atoms with E-state index in [0.717, 1.165) is 11.1 Å². The summed E-state index contributed by atoms with van der Waals surface area (Å²) in [7, 11) is 0. The van der Waals surface area contributed by atoms with E-state index < -0.39 is 5.91 Å². The van der Waals surface area contributed by atoms with Gasteiger partial charge in [-0.3, -0.25) is 4.79 Å². The third-order valence-electron chi connectivity index (χ3n) is 4.29. The monoisotopic (exact) mass is 402 g/mol. The van der Waals surface area contributed by atoms with Gasteiger partial charge in [-0.25, -0.2) is 0 Å². The summed E-state index contributed by atoms with van der Waals surface area (Å²) in [6, 6.07) is 24.0. The zero-order valence-electron chi connectivity index (χ0n) is 15.9. The number of hydrogen-bond acceptors (Lipinski definition) is 3. The van der Waals surface area contributed by atoms with Gasteiger partial charge in [-0.15, -0.1) is 0 Å². The Morgan fingerprint density at radius 1 is 1.10 bits per heavy atom. The molecule has 0 aromatic heterocycles. The second kappa shape index (κ2) is 9.59. The molecule has 0 fully saturated rings. The van der Waals surface area contributed by atoms with Gasteiger partial charge in [0.2, 0.25) is 0 Å². The van der Waals surface area contributed by atoms with E-state index in [0.29, 0.717) is 23.1 Å². The summed E-state index contributed by atoms with van der Waals surface area (Å²) in [5.74, 6) is 0.224. The number of nitriles is 1. The molecule has 1 amide bonds. The van der Waals surface area contributed by atoms with Gasteiger partial charge >= 0.3 is 0 Å². The number of anilines is 1. The highest BCUT2D eigenvalue weighted by molar-refractivity contribution is 6.31. The molecule has 0 saturated heterocycles. The third kappa shape index (κ3) is 5.71. The number of nitrogens with zero attached hydrogens (tertiary/aromatic N) is 1. The predicted octanol–water partition coefficient (Wildman–Crippen LogP) is 5.77. The van der Waals surface area contributed by atoms with Crippen LogP contribution in [0.3, 0.4) is 0 Å². The molecule has 0 aliphatic heterocycles. The van der Waals surface area contributed by atoms with E-state index in [-0.39, 0.29) is 5.57 Å². The molecule has 0 spiro atoms. The number of aryl methyl sites for hydroxylation is 1. The average molecular weight is 403 g/mol. The molecule has 4 nitrogen and oxygen atoms in total. The Hall–Kier alpha value is -3.55. The number of ether oxygens (including phenoxy) is 1. The fourth-order valence-electron chi connectivity index (χ4n) is 2.67. The Morgan fingerprint density at radius 3 is 2.55 bits per heavy atom. The zero-order chi connectivity index (χ0) is 20.6. The van der Waals surface area contributed by atoms with Gasteiger partial charge in [-0.05, 0) is 60.0 Å². The van der Waals surface area contributed by atoms with E-state index in [1.54, 1.807) is 36.4 Å². The van der Waals surface area contributed by atoms with Crippen molar-refractivity contribution >= 4 is 29.3 Å². The number of amides is 1. The number of benzene rings is 3. The molecule has 0 atom stereocenters. The maximum Gasteiger partial charge on any atom is 0.266 e. The van der Waals surface area contributed by atoms with Crippen LogP contribution in [0.25, 0.3) is 6.08 Å².